The number of halogens is 1. The monoisotopic (exact) mass is 346 g/mol. The van der Waals surface area contributed by atoms with Crippen molar-refractivity contribution in [1.29, 1.82) is 0 Å². The Kier molecular flexibility index (Phi) is 4.68. The number of nitrogens with two attached hydrogens (primary N) is 1. The van der Waals surface area contributed by atoms with E-state index in [1.54, 1.807) is 6.07 Å². The smallest absolute Gasteiger partial charge is 0.248 e. The van der Waals surface area contributed by atoms with E-state index >= 15 is 0 Å². The molecule has 3 N–H and O–H groups in total. The zero-order valence-corrected chi connectivity index (χ0v) is 14.0. The van der Waals surface area contributed by atoms with Gasteiger partial charge in [0.05, 0.1) is 5.69 Å². The lowest BCUT2D eigenvalue weighted by molar-refractivity contribution is 0.1000. The van der Waals surface area contributed by atoms with E-state index in [0.717, 1.165) is 21.3 Å². The molecule has 2 aromatic rings. The second kappa shape index (κ2) is 6.31. The molecule has 0 spiro atoms. The van der Waals surface area contributed by atoms with Crippen molar-refractivity contribution in [2.24, 2.45) is 5.73 Å². The predicted octanol–water partition coefficient (Wildman–Crippen LogP) is 4.09. The lowest BCUT2D eigenvalue weighted by Gasteiger charge is -2.14. The molecule has 0 aromatic heterocycles. The van der Waals surface area contributed by atoms with E-state index in [1.807, 2.05) is 19.1 Å². The van der Waals surface area contributed by atoms with Crippen LogP contribution in [0.3, 0.4) is 0 Å². The summed E-state index contributed by atoms with van der Waals surface area (Å²) in [6, 6.07) is 9.79. The maximum absolute atomic E-state index is 11.2. The summed E-state index contributed by atoms with van der Waals surface area (Å²) in [5.74, 6) is -0.394. The Morgan fingerprint density at radius 2 is 1.86 bits per heavy atom. The Morgan fingerprint density at radius 1 is 1.14 bits per heavy atom. The third-order valence-corrected chi connectivity index (χ3v) is 4.14. The number of hydrogen-bond donors (Lipinski definition) is 2. The van der Waals surface area contributed by atoms with Crippen molar-refractivity contribution in [3.05, 3.63) is 62.6 Å². The molecule has 3 nitrogen and oxygen atoms in total. The van der Waals surface area contributed by atoms with E-state index in [4.69, 9.17) is 5.73 Å². The number of benzene rings is 2. The molecule has 0 saturated carbocycles. The van der Waals surface area contributed by atoms with Crippen LogP contribution in [0.5, 0.6) is 0 Å². The summed E-state index contributed by atoms with van der Waals surface area (Å²) in [6.45, 7) is 6.85. The zero-order valence-electron chi connectivity index (χ0n) is 12.5. The number of amides is 1. The molecule has 21 heavy (non-hydrogen) atoms. The molecule has 4 heteroatoms. The van der Waals surface area contributed by atoms with Gasteiger partial charge in [-0.05, 0) is 77.2 Å². The molecule has 0 heterocycles. The highest BCUT2D eigenvalue weighted by Crippen LogP contribution is 2.28. The maximum Gasteiger partial charge on any atom is 0.248 e. The highest BCUT2D eigenvalue weighted by molar-refractivity contribution is 9.10. The van der Waals surface area contributed by atoms with Gasteiger partial charge in [-0.25, -0.2) is 0 Å². The number of rotatable bonds is 4. The minimum absolute atomic E-state index is 0.394. The van der Waals surface area contributed by atoms with Crippen LogP contribution in [0.4, 0.5) is 5.69 Å². The van der Waals surface area contributed by atoms with Crippen molar-refractivity contribution in [3.63, 3.8) is 0 Å². The Labute approximate surface area is 133 Å². The van der Waals surface area contributed by atoms with E-state index in [1.165, 1.54) is 11.1 Å². The number of aryl methyl sites for hydroxylation is 3. The van der Waals surface area contributed by atoms with E-state index in [2.05, 4.69) is 47.2 Å². The highest BCUT2D eigenvalue weighted by Gasteiger charge is 2.07. The second-order valence-electron chi connectivity index (χ2n) is 5.30. The van der Waals surface area contributed by atoms with Gasteiger partial charge >= 0.3 is 0 Å². The molecule has 0 aliphatic heterocycles. The molecule has 1 amide bonds. The SMILES string of the molecule is Cc1cc(C)c(NCc2ccc(C(N)=O)cc2C)c(Br)c1. The van der Waals surface area contributed by atoms with Crippen LogP contribution < -0.4 is 11.1 Å². The maximum atomic E-state index is 11.2. The number of primary amides is 1. The van der Waals surface area contributed by atoms with E-state index < -0.39 is 5.91 Å². The van der Waals surface area contributed by atoms with Gasteiger partial charge in [0.15, 0.2) is 0 Å². The fourth-order valence-corrected chi connectivity index (χ4v) is 3.18. The number of anilines is 1. The predicted molar refractivity (Wildman–Crippen MR) is 90.6 cm³/mol. The van der Waals surface area contributed by atoms with Gasteiger partial charge < -0.3 is 11.1 Å². The van der Waals surface area contributed by atoms with Crippen LogP contribution in [0.1, 0.15) is 32.6 Å². The third kappa shape index (κ3) is 3.64. The van der Waals surface area contributed by atoms with Crippen LogP contribution in [0, 0.1) is 20.8 Å². The Morgan fingerprint density at radius 3 is 2.43 bits per heavy atom. The van der Waals surface area contributed by atoms with Gasteiger partial charge in [-0.2, -0.15) is 0 Å². The van der Waals surface area contributed by atoms with Crippen molar-refractivity contribution in [1.82, 2.24) is 0 Å². The van der Waals surface area contributed by atoms with Crippen molar-refractivity contribution in [2.45, 2.75) is 27.3 Å². The first-order chi connectivity index (χ1) is 9.88. The molecule has 0 atom stereocenters. The topological polar surface area (TPSA) is 55.1 Å². The number of nitrogens with one attached hydrogen (secondary N) is 1. The van der Waals surface area contributed by atoms with E-state index in [-0.39, 0.29) is 0 Å². The van der Waals surface area contributed by atoms with Crippen molar-refractivity contribution < 1.29 is 4.79 Å². The number of hydrogen-bond acceptors (Lipinski definition) is 2. The fraction of sp³-hybridized carbons (Fsp3) is 0.235. The van der Waals surface area contributed by atoms with Gasteiger partial charge in [-0.15, -0.1) is 0 Å². The summed E-state index contributed by atoms with van der Waals surface area (Å²) < 4.78 is 1.06. The van der Waals surface area contributed by atoms with Gasteiger partial charge in [0.1, 0.15) is 0 Å². The van der Waals surface area contributed by atoms with Crippen LogP contribution >= 0.6 is 15.9 Å². The summed E-state index contributed by atoms with van der Waals surface area (Å²) in [7, 11) is 0. The zero-order chi connectivity index (χ0) is 15.6. The molecule has 0 aliphatic rings. The average molecular weight is 347 g/mol. The van der Waals surface area contributed by atoms with Gasteiger partial charge in [0.2, 0.25) is 5.91 Å². The van der Waals surface area contributed by atoms with Crippen LogP contribution in [-0.4, -0.2) is 5.91 Å². The van der Waals surface area contributed by atoms with E-state index in [0.29, 0.717) is 12.1 Å². The molecule has 2 rings (SSSR count). The van der Waals surface area contributed by atoms with Gasteiger partial charge in [0.25, 0.3) is 0 Å². The molecule has 0 radical (unpaired) electrons. The molecule has 0 fully saturated rings. The first-order valence-corrected chi connectivity index (χ1v) is 7.57. The second-order valence-corrected chi connectivity index (χ2v) is 6.15. The Balaban J connectivity index is 2.19. The standard InChI is InChI=1S/C17H19BrN2O/c1-10-6-12(3)16(15(18)7-10)20-9-14-5-4-13(17(19)21)8-11(14)2/h4-8,20H,9H2,1-3H3,(H2,19,21). The number of carbonyl (C=O) groups is 1. The Bertz CT molecular complexity index is 672. The van der Waals surface area contributed by atoms with Crippen LogP contribution in [0.25, 0.3) is 0 Å². The summed E-state index contributed by atoms with van der Waals surface area (Å²) >= 11 is 3.60. The lowest BCUT2D eigenvalue weighted by atomic mass is 10.0. The fourth-order valence-electron chi connectivity index (χ4n) is 2.37. The van der Waals surface area contributed by atoms with Gasteiger partial charge in [0, 0.05) is 16.6 Å². The molecule has 2 aromatic carbocycles. The van der Waals surface area contributed by atoms with Crippen LogP contribution in [0.2, 0.25) is 0 Å². The molecular formula is C17H19BrN2O. The van der Waals surface area contributed by atoms with Crippen LogP contribution in [-0.2, 0) is 6.54 Å². The minimum Gasteiger partial charge on any atom is -0.380 e. The summed E-state index contributed by atoms with van der Waals surface area (Å²) in [5.41, 5.74) is 11.6. The number of carbonyl (C=O) groups excluding carboxylic acids is 1. The highest BCUT2D eigenvalue weighted by atomic mass is 79.9. The molecule has 110 valence electrons. The van der Waals surface area contributed by atoms with Gasteiger partial charge in [-0.1, -0.05) is 12.1 Å². The minimum atomic E-state index is -0.394. The molecule has 0 saturated heterocycles. The van der Waals surface area contributed by atoms with Gasteiger partial charge in [-0.3, -0.25) is 4.79 Å². The molecule has 0 aliphatic carbocycles. The normalized spacial score (nSPS) is 10.5. The van der Waals surface area contributed by atoms with Crippen LogP contribution in [0.15, 0.2) is 34.8 Å². The van der Waals surface area contributed by atoms with Crippen molar-refractivity contribution >= 4 is 27.5 Å². The lowest BCUT2D eigenvalue weighted by Crippen LogP contribution is -2.12. The molecule has 0 unspecified atom stereocenters. The van der Waals surface area contributed by atoms with Crippen molar-refractivity contribution in [2.75, 3.05) is 5.32 Å². The molecular weight excluding hydrogens is 328 g/mol. The first kappa shape index (κ1) is 15.6. The Hall–Kier alpha value is -1.81. The summed E-state index contributed by atoms with van der Waals surface area (Å²) in [5, 5.41) is 3.45. The largest absolute Gasteiger partial charge is 0.380 e. The average Bonchev–Trinajstić information content (AvgIpc) is 2.38. The summed E-state index contributed by atoms with van der Waals surface area (Å²) in [4.78, 5) is 11.2. The third-order valence-electron chi connectivity index (χ3n) is 3.51. The van der Waals surface area contributed by atoms with Crippen molar-refractivity contribution in [3.8, 4) is 0 Å². The molecule has 0 bridgehead atoms. The first-order valence-electron chi connectivity index (χ1n) is 6.78. The van der Waals surface area contributed by atoms with E-state index in [9.17, 15) is 4.79 Å². The summed E-state index contributed by atoms with van der Waals surface area (Å²) in [6.07, 6.45) is 0. The quantitative estimate of drug-likeness (QED) is 0.875.